The highest BCUT2D eigenvalue weighted by atomic mass is 32.2. The Morgan fingerprint density at radius 3 is 1.31 bits per heavy atom. The molecule has 0 saturated heterocycles. The van der Waals surface area contributed by atoms with Crippen molar-refractivity contribution in [2.45, 2.75) is 31.9 Å². The number of rotatable bonds is 6. The first kappa shape index (κ1) is 30.0. The molecule has 0 unspecified atom stereocenters. The van der Waals surface area contributed by atoms with Crippen LogP contribution in [0.5, 0.6) is 0 Å². The summed E-state index contributed by atoms with van der Waals surface area (Å²) in [4.78, 5) is 0. The summed E-state index contributed by atoms with van der Waals surface area (Å²) in [7, 11) is -2.62. The zero-order chi connectivity index (χ0) is 21.6. The molecule has 0 aromatic rings. The lowest BCUT2D eigenvalue weighted by atomic mass is 10.6. The molecule has 1 saturated carbocycles. The summed E-state index contributed by atoms with van der Waals surface area (Å²) in [6.07, 6.45) is 2.78. The molecule has 1 aliphatic rings. The summed E-state index contributed by atoms with van der Waals surface area (Å²) < 4.78 is 68.1. The van der Waals surface area contributed by atoms with E-state index in [0.717, 1.165) is 24.8 Å². The van der Waals surface area contributed by atoms with Crippen LogP contribution < -0.4 is 19.5 Å². The van der Waals surface area contributed by atoms with E-state index in [2.05, 4.69) is 26.1 Å². The minimum absolute atomic E-state index is 0.0764. The van der Waals surface area contributed by atoms with Crippen molar-refractivity contribution in [2.75, 3.05) is 40.2 Å². The predicted octanol–water partition coefficient (Wildman–Crippen LogP) is -0.842. The van der Waals surface area contributed by atoms with Crippen LogP contribution in [0.15, 0.2) is 12.3 Å². The SMILES string of the molecule is C=C(C)NC.CCS(=O)(=O)NC.CNS(=O)(=O)C1CC1.CNS(C)(=O)=O. The van der Waals surface area contributed by atoms with Crippen LogP contribution in [-0.4, -0.2) is 70.7 Å². The smallest absolute Gasteiger partial charge is 0.214 e. The van der Waals surface area contributed by atoms with E-state index in [4.69, 9.17) is 0 Å². The van der Waals surface area contributed by atoms with E-state index in [0.29, 0.717) is 0 Å². The molecule has 0 heterocycles. The van der Waals surface area contributed by atoms with Crippen LogP contribution >= 0.6 is 0 Å². The molecule has 1 aliphatic carbocycles. The van der Waals surface area contributed by atoms with Crippen LogP contribution in [0.2, 0.25) is 0 Å². The Kier molecular flexibility index (Phi) is 16.6. The van der Waals surface area contributed by atoms with Gasteiger partial charge in [0, 0.05) is 7.05 Å². The van der Waals surface area contributed by atoms with Gasteiger partial charge in [-0.25, -0.2) is 39.4 Å². The van der Waals surface area contributed by atoms with Crippen molar-refractivity contribution in [3.05, 3.63) is 12.3 Å². The molecule has 0 radical (unpaired) electrons. The molecule has 13 heteroatoms. The maximum absolute atomic E-state index is 10.7. The van der Waals surface area contributed by atoms with E-state index in [1.807, 2.05) is 14.0 Å². The van der Waals surface area contributed by atoms with Crippen molar-refractivity contribution >= 4 is 30.1 Å². The molecule has 0 aliphatic heterocycles. The van der Waals surface area contributed by atoms with E-state index in [1.54, 1.807) is 6.92 Å². The summed E-state index contributed by atoms with van der Waals surface area (Å²) in [6.45, 7) is 7.07. The Bertz CT molecular complexity index is 673. The first-order valence-electron chi connectivity index (χ1n) is 7.67. The van der Waals surface area contributed by atoms with E-state index in [-0.39, 0.29) is 11.0 Å². The standard InChI is InChI=1S/C4H9NO2S.C4H9N.C3H9NO2S.C2H7NO2S/c1-5-8(6,7)4-2-3-4;1-4(2)5-3;1-3-7(5,6)4-2;1-3-6(2,4)5/h4-5H,2-3H2,1H3;5H,1H2,2-3H3;4H,3H2,1-2H3;3H,1-2H3. The number of hydrogen-bond donors (Lipinski definition) is 4. The number of hydrogen-bond acceptors (Lipinski definition) is 7. The van der Waals surface area contributed by atoms with Crippen LogP contribution in [0.3, 0.4) is 0 Å². The first-order valence-corrected chi connectivity index (χ1v) is 12.8. The Hall–Kier alpha value is -0.730. The largest absolute Gasteiger partial charge is 0.392 e. The highest BCUT2D eigenvalue weighted by Crippen LogP contribution is 2.26. The second-order valence-electron chi connectivity index (χ2n) is 5.06. The lowest BCUT2D eigenvalue weighted by Crippen LogP contribution is -2.22. The minimum Gasteiger partial charge on any atom is -0.392 e. The summed E-state index contributed by atoms with van der Waals surface area (Å²) in [5.41, 5.74) is 1.00. The van der Waals surface area contributed by atoms with Gasteiger partial charge in [-0.05, 0) is 53.5 Å². The fourth-order valence-electron chi connectivity index (χ4n) is 0.689. The van der Waals surface area contributed by atoms with Gasteiger partial charge in [0.25, 0.3) is 0 Å². The normalized spacial score (nSPS) is 13.7. The highest BCUT2D eigenvalue weighted by Gasteiger charge is 2.34. The van der Waals surface area contributed by atoms with Crippen LogP contribution in [0.4, 0.5) is 0 Å². The molecule has 0 spiro atoms. The van der Waals surface area contributed by atoms with Gasteiger partial charge in [-0.15, -0.1) is 0 Å². The molecule has 0 atom stereocenters. The zero-order valence-corrected chi connectivity index (χ0v) is 19.0. The lowest BCUT2D eigenvalue weighted by Gasteiger charge is -1.94. The molecule has 4 N–H and O–H groups in total. The van der Waals surface area contributed by atoms with Crippen molar-refractivity contribution in [1.82, 2.24) is 19.5 Å². The van der Waals surface area contributed by atoms with Gasteiger partial charge in [-0.3, -0.25) is 0 Å². The molecule has 0 amide bonds. The monoisotopic (exact) mass is 438 g/mol. The minimum atomic E-state index is -2.91. The molecule has 0 aromatic carbocycles. The van der Waals surface area contributed by atoms with Gasteiger partial charge in [0.2, 0.25) is 30.1 Å². The third kappa shape index (κ3) is 23.3. The number of sulfonamides is 3. The van der Waals surface area contributed by atoms with Crippen LogP contribution in [0, 0.1) is 0 Å². The Morgan fingerprint density at radius 2 is 1.27 bits per heavy atom. The van der Waals surface area contributed by atoms with Gasteiger partial charge in [0.1, 0.15) is 0 Å². The van der Waals surface area contributed by atoms with Gasteiger partial charge in [0.05, 0.1) is 17.3 Å². The first-order chi connectivity index (χ1) is 11.6. The molecule has 10 nitrogen and oxygen atoms in total. The third-order valence-electron chi connectivity index (χ3n) is 2.74. The fourth-order valence-corrected chi connectivity index (χ4v) is 2.07. The molecule has 160 valence electrons. The van der Waals surface area contributed by atoms with Crippen LogP contribution in [0.1, 0.15) is 26.7 Å². The van der Waals surface area contributed by atoms with E-state index in [9.17, 15) is 25.3 Å². The summed E-state index contributed by atoms with van der Waals surface area (Å²) in [5.74, 6) is 0.156. The maximum Gasteiger partial charge on any atom is 0.214 e. The van der Waals surface area contributed by atoms with Crippen molar-refractivity contribution in [3.8, 4) is 0 Å². The molecule has 26 heavy (non-hydrogen) atoms. The Balaban J connectivity index is -0.000000276. The summed E-state index contributed by atoms with van der Waals surface area (Å²) >= 11 is 0. The van der Waals surface area contributed by atoms with Gasteiger partial charge in [0.15, 0.2) is 0 Å². The number of nitrogens with one attached hydrogen (secondary N) is 4. The zero-order valence-electron chi connectivity index (χ0n) is 16.6. The van der Waals surface area contributed by atoms with E-state index in [1.165, 1.54) is 21.1 Å². The average molecular weight is 439 g/mol. The van der Waals surface area contributed by atoms with Gasteiger partial charge < -0.3 is 5.32 Å². The van der Waals surface area contributed by atoms with E-state index < -0.39 is 30.1 Å². The van der Waals surface area contributed by atoms with Crippen LogP contribution in [-0.2, 0) is 30.1 Å². The Labute approximate surface area is 159 Å². The molecule has 0 bridgehead atoms. The van der Waals surface area contributed by atoms with Gasteiger partial charge in [-0.2, -0.15) is 0 Å². The topological polar surface area (TPSA) is 151 Å². The van der Waals surface area contributed by atoms with Crippen molar-refractivity contribution in [2.24, 2.45) is 0 Å². The third-order valence-corrected chi connectivity index (χ3v) is 6.78. The second-order valence-corrected chi connectivity index (χ2v) is 11.4. The van der Waals surface area contributed by atoms with Gasteiger partial charge >= 0.3 is 0 Å². The maximum atomic E-state index is 10.7. The van der Waals surface area contributed by atoms with Gasteiger partial charge in [-0.1, -0.05) is 6.58 Å². The van der Waals surface area contributed by atoms with Crippen LogP contribution in [0.25, 0.3) is 0 Å². The molecular formula is C13H34N4O6S3. The molecule has 0 aromatic heterocycles. The molecular weight excluding hydrogens is 404 g/mol. The summed E-state index contributed by atoms with van der Waals surface area (Å²) in [6, 6.07) is 0. The molecule has 1 fully saturated rings. The number of allylic oxidation sites excluding steroid dienone is 1. The highest BCUT2D eigenvalue weighted by molar-refractivity contribution is 7.90. The molecule has 1 rings (SSSR count). The second kappa shape index (κ2) is 14.3. The summed E-state index contributed by atoms with van der Waals surface area (Å²) in [5, 5.41) is 2.76. The van der Waals surface area contributed by atoms with E-state index >= 15 is 0 Å². The predicted molar refractivity (Wildman–Crippen MR) is 107 cm³/mol. The lowest BCUT2D eigenvalue weighted by molar-refractivity contribution is 0.586. The fraction of sp³-hybridized carbons (Fsp3) is 0.846. The average Bonchev–Trinajstić information content (AvgIpc) is 3.41. The van der Waals surface area contributed by atoms with Crippen molar-refractivity contribution in [1.29, 1.82) is 0 Å². The van der Waals surface area contributed by atoms with Crippen molar-refractivity contribution < 1.29 is 25.3 Å². The quantitative estimate of drug-likeness (QED) is 0.422. The Morgan fingerprint density at radius 1 is 0.923 bits per heavy atom. The van der Waals surface area contributed by atoms with Crippen molar-refractivity contribution in [3.63, 3.8) is 0 Å².